The van der Waals surface area contributed by atoms with Crippen molar-refractivity contribution in [1.29, 1.82) is 0 Å². The highest BCUT2D eigenvalue weighted by atomic mass is 15.3. The Balaban J connectivity index is 1.97. The molecule has 17 heavy (non-hydrogen) atoms. The first-order chi connectivity index (χ1) is 8.20. The second-order valence-electron chi connectivity index (χ2n) is 4.29. The Morgan fingerprint density at radius 2 is 2.18 bits per heavy atom. The average Bonchev–Trinajstić information content (AvgIpc) is 2.95. The van der Waals surface area contributed by atoms with Crippen molar-refractivity contribution < 1.29 is 0 Å². The topological polar surface area (TPSA) is 47.7 Å². The van der Waals surface area contributed by atoms with E-state index in [4.69, 9.17) is 0 Å². The molecule has 1 N–H and O–H groups in total. The van der Waals surface area contributed by atoms with Crippen LogP contribution in [0.25, 0.3) is 0 Å². The first-order valence-corrected chi connectivity index (χ1v) is 5.99. The van der Waals surface area contributed by atoms with Gasteiger partial charge in [0.25, 0.3) is 0 Å². The van der Waals surface area contributed by atoms with Gasteiger partial charge in [0.05, 0.1) is 24.1 Å². The maximum atomic E-state index is 4.29. The number of anilines is 1. The lowest BCUT2D eigenvalue weighted by Gasteiger charge is -2.06. The van der Waals surface area contributed by atoms with Crippen molar-refractivity contribution >= 4 is 5.69 Å². The summed E-state index contributed by atoms with van der Waals surface area (Å²) in [6, 6.07) is 2.43. The minimum Gasteiger partial charge on any atom is -0.377 e. The highest BCUT2D eigenvalue weighted by Gasteiger charge is 2.03. The smallest absolute Gasteiger partial charge is 0.0729 e. The highest BCUT2D eigenvalue weighted by Crippen LogP contribution is 2.11. The lowest BCUT2D eigenvalue weighted by Crippen LogP contribution is -2.07. The van der Waals surface area contributed by atoms with E-state index in [0.717, 1.165) is 18.8 Å². The molecule has 0 aromatic carbocycles. The van der Waals surface area contributed by atoms with Crippen LogP contribution in [0.5, 0.6) is 0 Å². The van der Waals surface area contributed by atoms with Gasteiger partial charge in [0.2, 0.25) is 0 Å². The van der Waals surface area contributed by atoms with Crippen LogP contribution in [0.1, 0.15) is 32.5 Å². The van der Waals surface area contributed by atoms with Gasteiger partial charge < -0.3 is 5.32 Å². The number of rotatable bonds is 5. The monoisotopic (exact) mass is 233 g/mol. The van der Waals surface area contributed by atoms with Gasteiger partial charge in [0, 0.05) is 25.0 Å². The first-order valence-electron chi connectivity index (χ1n) is 5.99. The van der Waals surface area contributed by atoms with Gasteiger partial charge in [-0.25, -0.2) is 0 Å². The summed E-state index contributed by atoms with van der Waals surface area (Å²) in [5, 5.41) is 11.9. The van der Waals surface area contributed by atoms with Crippen molar-refractivity contribution in [2.75, 3.05) is 5.32 Å². The first kappa shape index (κ1) is 11.7. The summed E-state index contributed by atoms with van der Waals surface area (Å²) in [7, 11) is 0. The molecule has 5 nitrogen and oxygen atoms in total. The zero-order chi connectivity index (χ0) is 12.3. The van der Waals surface area contributed by atoms with E-state index in [1.165, 1.54) is 5.69 Å². The molecule has 0 aliphatic rings. The third kappa shape index (κ3) is 2.67. The molecule has 2 aromatic heterocycles. The molecule has 0 fully saturated rings. The van der Waals surface area contributed by atoms with Crippen molar-refractivity contribution in [2.24, 2.45) is 0 Å². The molecule has 0 amide bonds. The second-order valence-corrected chi connectivity index (χ2v) is 4.29. The minimum absolute atomic E-state index is 0.395. The molecule has 0 aliphatic carbocycles. The molecule has 0 spiro atoms. The molecule has 0 saturated carbocycles. The average molecular weight is 233 g/mol. The zero-order valence-corrected chi connectivity index (χ0v) is 10.6. The Morgan fingerprint density at radius 3 is 2.82 bits per heavy atom. The number of aryl methyl sites for hydroxylation is 1. The largest absolute Gasteiger partial charge is 0.377 e. The third-order valence-electron chi connectivity index (χ3n) is 2.71. The second kappa shape index (κ2) is 5.03. The summed E-state index contributed by atoms with van der Waals surface area (Å²) in [6.07, 6.45) is 5.71. The third-order valence-corrected chi connectivity index (χ3v) is 2.71. The van der Waals surface area contributed by atoms with E-state index >= 15 is 0 Å². The molecule has 92 valence electrons. The highest BCUT2D eigenvalue weighted by molar-refractivity contribution is 5.38. The Bertz CT molecular complexity index is 469. The van der Waals surface area contributed by atoms with Crippen LogP contribution in [0.2, 0.25) is 0 Å². The van der Waals surface area contributed by atoms with Gasteiger partial charge in [-0.15, -0.1) is 0 Å². The number of hydrogen-bond acceptors (Lipinski definition) is 3. The maximum Gasteiger partial charge on any atom is 0.0729 e. The fourth-order valence-corrected chi connectivity index (χ4v) is 1.70. The molecule has 0 radical (unpaired) electrons. The van der Waals surface area contributed by atoms with E-state index in [1.807, 2.05) is 34.0 Å². The number of aromatic nitrogens is 4. The Hall–Kier alpha value is -1.78. The fourth-order valence-electron chi connectivity index (χ4n) is 1.70. The number of nitrogens with zero attached hydrogens (tertiary/aromatic N) is 4. The number of nitrogens with one attached hydrogen (secondary N) is 1. The van der Waals surface area contributed by atoms with Crippen LogP contribution in [0, 0.1) is 0 Å². The molecule has 2 aromatic rings. The molecule has 2 heterocycles. The van der Waals surface area contributed by atoms with E-state index in [1.54, 1.807) is 0 Å². The van der Waals surface area contributed by atoms with Gasteiger partial charge in [-0.1, -0.05) is 0 Å². The van der Waals surface area contributed by atoms with Crippen LogP contribution in [0.3, 0.4) is 0 Å². The van der Waals surface area contributed by atoms with E-state index < -0.39 is 0 Å². The van der Waals surface area contributed by atoms with Crippen LogP contribution in [-0.4, -0.2) is 19.6 Å². The molecule has 0 unspecified atom stereocenters. The molecule has 0 saturated heterocycles. The van der Waals surface area contributed by atoms with Gasteiger partial charge >= 0.3 is 0 Å². The molecule has 0 aliphatic heterocycles. The molecular weight excluding hydrogens is 214 g/mol. The molecule has 0 bridgehead atoms. The molecular formula is C12H19N5. The Labute approximate surface area is 101 Å². The minimum atomic E-state index is 0.395. The van der Waals surface area contributed by atoms with Crippen LogP contribution >= 0.6 is 0 Å². The van der Waals surface area contributed by atoms with Crippen molar-refractivity contribution in [2.45, 2.75) is 39.9 Å². The van der Waals surface area contributed by atoms with Gasteiger partial charge in [-0.3, -0.25) is 9.36 Å². The molecule has 5 heteroatoms. The normalized spacial score (nSPS) is 11.1. The van der Waals surface area contributed by atoms with Gasteiger partial charge in [0.15, 0.2) is 0 Å². The van der Waals surface area contributed by atoms with E-state index in [2.05, 4.69) is 36.3 Å². The van der Waals surface area contributed by atoms with Crippen molar-refractivity contribution in [3.05, 3.63) is 30.4 Å². The fraction of sp³-hybridized carbons (Fsp3) is 0.500. The van der Waals surface area contributed by atoms with Crippen LogP contribution in [-0.2, 0) is 13.1 Å². The standard InChI is InChI=1S/C12H19N5/c1-4-16-12(5-6-14-16)8-13-11-7-15-17(9-11)10(2)3/h5-7,9-10,13H,4,8H2,1-3H3. The summed E-state index contributed by atoms with van der Waals surface area (Å²) in [5.41, 5.74) is 2.23. The van der Waals surface area contributed by atoms with E-state index in [0.29, 0.717) is 6.04 Å². The summed E-state index contributed by atoms with van der Waals surface area (Å²) in [5.74, 6) is 0. The van der Waals surface area contributed by atoms with Crippen molar-refractivity contribution in [1.82, 2.24) is 19.6 Å². The van der Waals surface area contributed by atoms with Gasteiger partial charge in [-0.05, 0) is 26.8 Å². The molecule has 0 atom stereocenters. The lowest BCUT2D eigenvalue weighted by molar-refractivity contribution is 0.532. The lowest BCUT2D eigenvalue weighted by atomic mass is 10.4. The zero-order valence-electron chi connectivity index (χ0n) is 10.6. The van der Waals surface area contributed by atoms with Crippen molar-refractivity contribution in [3.63, 3.8) is 0 Å². The van der Waals surface area contributed by atoms with E-state index in [-0.39, 0.29) is 0 Å². The van der Waals surface area contributed by atoms with Gasteiger partial charge in [0.1, 0.15) is 0 Å². The summed E-state index contributed by atoms with van der Waals surface area (Å²) >= 11 is 0. The predicted molar refractivity (Wildman–Crippen MR) is 67.8 cm³/mol. The van der Waals surface area contributed by atoms with E-state index in [9.17, 15) is 0 Å². The SMILES string of the molecule is CCn1nccc1CNc1cnn(C(C)C)c1. The Morgan fingerprint density at radius 1 is 1.35 bits per heavy atom. The summed E-state index contributed by atoms with van der Waals surface area (Å²) in [4.78, 5) is 0. The van der Waals surface area contributed by atoms with Crippen LogP contribution in [0.15, 0.2) is 24.7 Å². The summed E-state index contributed by atoms with van der Waals surface area (Å²) in [6.45, 7) is 7.99. The summed E-state index contributed by atoms with van der Waals surface area (Å²) < 4.78 is 3.93. The van der Waals surface area contributed by atoms with Crippen molar-refractivity contribution in [3.8, 4) is 0 Å². The van der Waals surface area contributed by atoms with Crippen LogP contribution in [0.4, 0.5) is 5.69 Å². The maximum absolute atomic E-state index is 4.29. The number of hydrogen-bond donors (Lipinski definition) is 1. The van der Waals surface area contributed by atoms with Crippen LogP contribution < -0.4 is 5.32 Å². The quantitative estimate of drug-likeness (QED) is 0.862. The molecule has 2 rings (SSSR count). The predicted octanol–water partition coefficient (Wildman–Crippen LogP) is 2.29. The van der Waals surface area contributed by atoms with Gasteiger partial charge in [-0.2, -0.15) is 10.2 Å². The Kier molecular flexibility index (Phi) is 3.46.